The number of rotatable bonds is 23. The molecule has 428 valence electrons. The Morgan fingerprint density at radius 2 is 1.60 bits per heavy atom. The van der Waals surface area contributed by atoms with Crippen LogP contribution in [0.4, 0.5) is 4.39 Å². The highest BCUT2D eigenvalue weighted by Gasteiger charge is 2.52. The summed E-state index contributed by atoms with van der Waals surface area (Å²) in [7, 11) is 0. The maximum Gasteiger partial charge on any atom is 0.343 e. The zero-order valence-electron chi connectivity index (χ0n) is 44.6. The highest BCUT2D eigenvalue weighted by atomic mass is 19.1. The number of carbonyl (C=O) groups is 10. The normalized spacial score (nSPS) is 19.8. The van der Waals surface area contributed by atoms with E-state index in [1.54, 1.807) is 50.2 Å². The van der Waals surface area contributed by atoms with Crippen LogP contribution in [-0.2, 0) is 89.0 Å². The first-order valence-corrected chi connectivity index (χ1v) is 26.6. The number of cyclic esters (lactones) is 1. The van der Waals surface area contributed by atoms with Crippen LogP contribution >= 0.6 is 0 Å². The minimum Gasteiger partial charge on any atom is -0.480 e. The number of hydrogen-bond donors (Lipinski definition) is 9. The summed E-state index contributed by atoms with van der Waals surface area (Å²) in [6, 6.07) is 8.27. The van der Waals surface area contributed by atoms with Gasteiger partial charge in [-0.3, -0.25) is 52.8 Å². The topological polar surface area (TPSA) is 352 Å². The van der Waals surface area contributed by atoms with E-state index in [2.05, 4.69) is 37.2 Å². The van der Waals surface area contributed by atoms with Crippen molar-refractivity contribution in [1.82, 2.24) is 51.7 Å². The van der Waals surface area contributed by atoms with E-state index in [-0.39, 0.29) is 62.8 Å². The second kappa shape index (κ2) is 23.3. The zero-order valence-corrected chi connectivity index (χ0v) is 44.6. The van der Waals surface area contributed by atoms with E-state index in [1.807, 2.05) is 0 Å². The molecule has 4 aromatic rings. The molecule has 81 heavy (non-hydrogen) atoms. The van der Waals surface area contributed by atoms with Gasteiger partial charge in [0.25, 0.3) is 5.56 Å². The Balaban J connectivity index is 0.775. The van der Waals surface area contributed by atoms with E-state index >= 15 is 4.39 Å². The molecule has 5 aliphatic rings. The van der Waals surface area contributed by atoms with E-state index in [0.717, 1.165) is 10.5 Å². The molecule has 1 unspecified atom stereocenters. The fourth-order valence-electron chi connectivity index (χ4n) is 10.9. The zero-order chi connectivity index (χ0) is 58.1. The number of carboxylic acids is 1. The number of aryl methyl sites for hydroxylation is 1. The van der Waals surface area contributed by atoms with Gasteiger partial charge < -0.3 is 61.5 Å². The Hall–Kier alpha value is -8.49. The number of hydrogen-bond acceptors (Lipinski definition) is 16. The number of benzene rings is 2. The molecule has 3 aliphatic heterocycles. The molecule has 0 radical (unpaired) electrons. The standard InChI is InChI=1S/C55H61FN10O15/c1-4-55(79)33-16-38-47-31(23-65(38)51(76)32(33)24-81-53(55)78)46-35(11-10-30-28(3)34(56)17-36(63-47)45(30)46)64-52(77)54(12-13-54)25-80-26-61-41(68)20-59-48(73)37(15-29-8-6-5-7-9-29)62-42(69)21-58-40(67)19-60-49(74)39(18-57-22-44(71)72)66-43(70)14-27(2)50(66)75/h5-9,16-17,27,35,37,39,57,79H,4,10-15,18-26H2,1-3H3,(H,58,67)(H,59,73)(H,60,74)(H,61,68)(H,62,69)(H,64,77)(H,71,72)/t27?,35-,37-,39-,55-/m0/s1. The molecule has 5 heterocycles. The molecule has 5 atom stereocenters. The van der Waals surface area contributed by atoms with Crippen LogP contribution in [0.15, 0.2) is 47.3 Å². The molecule has 2 fully saturated rings. The number of amides is 8. The number of pyridine rings is 2. The van der Waals surface area contributed by atoms with Gasteiger partial charge in [-0.05, 0) is 67.3 Å². The van der Waals surface area contributed by atoms with Crippen LogP contribution in [0.25, 0.3) is 22.3 Å². The molecule has 9 rings (SSSR count). The highest BCUT2D eigenvalue weighted by Crippen LogP contribution is 2.49. The molecule has 1 saturated heterocycles. The Kier molecular flexibility index (Phi) is 16.5. The number of aliphatic carboxylic acids is 1. The maximum absolute atomic E-state index is 15.5. The monoisotopic (exact) mass is 1120 g/mol. The predicted octanol–water partition coefficient (Wildman–Crippen LogP) is -0.985. The first-order valence-electron chi connectivity index (χ1n) is 26.6. The van der Waals surface area contributed by atoms with Crippen LogP contribution < -0.4 is 42.8 Å². The largest absolute Gasteiger partial charge is 0.480 e. The smallest absolute Gasteiger partial charge is 0.343 e. The Bertz CT molecular complexity index is 3370. The molecule has 8 amide bonds. The van der Waals surface area contributed by atoms with Gasteiger partial charge in [-0.15, -0.1) is 0 Å². The second-order valence-corrected chi connectivity index (χ2v) is 21.0. The van der Waals surface area contributed by atoms with Crippen molar-refractivity contribution < 1.29 is 72.0 Å². The van der Waals surface area contributed by atoms with Gasteiger partial charge in [-0.1, -0.05) is 44.2 Å². The Labute approximate surface area is 461 Å². The molecular formula is C55H61FN10O15. The van der Waals surface area contributed by atoms with E-state index < -0.39 is 132 Å². The fraction of sp³-hybridized carbons (Fsp3) is 0.455. The quantitative estimate of drug-likeness (QED) is 0.0164. The van der Waals surface area contributed by atoms with Gasteiger partial charge in [-0.2, -0.15) is 0 Å². The number of likely N-dealkylation sites (tertiary alicyclic amines) is 1. The lowest BCUT2D eigenvalue weighted by atomic mass is 9.81. The van der Waals surface area contributed by atoms with E-state index in [1.165, 1.54) is 17.6 Å². The third kappa shape index (κ3) is 11.6. The summed E-state index contributed by atoms with van der Waals surface area (Å²) in [5.74, 6) is -8.84. The number of esters is 1. The van der Waals surface area contributed by atoms with Crippen molar-refractivity contribution in [3.8, 4) is 11.4 Å². The fourth-order valence-corrected chi connectivity index (χ4v) is 10.9. The highest BCUT2D eigenvalue weighted by molar-refractivity contribution is 6.07. The van der Waals surface area contributed by atoms with Gasteiger partial charge in [0, 0.05) is 47.9 Å². The first-order chi connectivity index (χ1) is 38.6. The lowest BCUT2D eigenvalue weighted by molar-refractivity contribution is -0.172. The van der Waals surface area contributed by atoms with Crippen molar-refractivity contribution in [2.24, 2.45) is 11.3 Å². The number of halogens is 1. The van der Waals surface area contributed by atoms with Crippen molar-refractivity contribution in [3.63, 3.8) is 0 Å². The number of aliphatic hydroxyl groups is 1. The molecule has 2 aliphatic carbocycles. The number of imide groups is 1. The van der Waals surface area contributed by atoms with Crippen LogP contribution in [0.5, 0.6) is 0 Å². The van der Waals surface area contributed by atoms with Crippen molar-refractivity contribution in [3.05, 3.63) is 97.6 Å². The van der Waals surface area contributed by atoms with Gasteiger partial charge in [-0.25, -0.2) is 14.2 Å². The third-order valence-corrected chi connectivity index (χ3v) is 15.6. The molecule has 25 nitrogen and oxygen atoms in total. The lowest BCUT2D eigenvalue weighted by Crippen LogP contribution is -2.56. The minimum absolute atomic E-state index is 0.0140. The molecular weight excluding hydrogens is 1060 g/mol. The first kappa shape index (κ1) is 57.2. The van der Waals surface area contributed by atoms with E-state index in [0.29, 0.717) is 70.2 Å². The number of ether oxygens (including phenoxy) is 2. The molecule has 26 heteroatoms. The van der Waals surface area contributed by atoms with Crippen LogP contribution in [0.2, 0.25) is 0 Å². The number of nitrogens with one attached hydrogen (secondary N) is 7. The van der Waals surface area contributed by atoms with Gasteiger partial charge in [0.2, 0.25) is 47.3 Å². The summed E-state index contributed by atoms with van der Waals surface area (Å²) in [6.45, 7) is 1.30. The van der Waals surface area contributed by atoms with Crippen molar-refractivity contribution in [1.29, 1.82) is 0 Å². The number of carbonyl (C=O) groups excluding carboxylic acids is 9. The molecule has 2 aromatic heterocycles. The van der Waals surface area contributed by atoms with Crippen LogP contribution in [0.1, 0.15) is 90.9 Å². The van der Waals surface area contributed by atoms with Crippen molar-refractivity contribution >= 4 is 70.1 Å². The third-order valence-electron chi connectivity index (χ3n) is 15.6. The van der Waals surface area contributed by atoms with Gasteiger partial charge in [0.15, 0.2) is 5.60 Å². The average Bonchev–Trinajstić information content (AvgIpc) is 4.17. The predicted molar refractivity (Wildman–Crippen MR) is 280 cm³/mol. The maximum atomic E-state index is 15.5. The van der Waals surface area contributed by atoms with Crippen molar-refractivity contribution in [2.45, 2.75) is 103 Å². The second-order valence-electron chi connectivity index (χ2n) is 21.0. The summed E-state index contributed by atoms with van der Waals surface area (Å²) in [5.41, 5.74) is 1.03. The number of aromatic nitrogens is 2. The summed E-state index contributed by atoms with van der Waals surface area (Å²) in [4.78, 5) is 148. The molecule has 0 spiro atoms. The molecule has 1 saturated carbocycles. The van der Waals surface area contributed by atoms with E-state index in [4.69, 9.17) is 19.6 Å². The van der Waals surface area contributed by atoms with Crippen LogP contribution in [0.3, 0.4) is 0 Å². The molecule has 2 aromatic carbocycles. The number of nitrogens with zero attached hydrogens (tertiary/aromatic N) is 3. The summed E-state index contributed by atoms with van der Waals surface area (Å²) in [5, 5.41) is 39.0. The minimum atomic E-state index is -2.06. The molecule has 0 bridgehead atoms. The van der Waals surface area contributed by atoms with Crippen LogP contribution in [-0.4, -0.2) is 142 Å². The number of fused-ring (bicyclic) bond motifs is 5. The lowest BCUT2D eigenvalue weighted by Gasteiger charge is -2.31. The van der Waals surface area contributed by atoms with Gasteiger partial charge >= 0.3 is 11.9 Å². The SMILES string of the molecule is CC[C@@]1(O)C(=O)OCc2c1cc1n(c2=O)Cc2c-1nc1cc(F)c(C)c3c1c2[C@@H](NC(=O)C1(COCNC(=O)CNC(=O)[C@H](Cc2ccccc2)NC(=O)CNC(=O)CNC(=O)[C@H](CNCC(=O)O)N2C(=O)CC(C)C2=O)CC1)CC3. The Morgan fingerprint density at radius 3 is 2.28 bits per heavy atom. The summed E-state index contributed by atoms with van der Waals surface area (Å²) >= 11 is 0. The van der Waals surface area contributed by atoms with Gasteiger partial charge in [0.1, 0.15) is 31.2 Å². The summed E-state index contributed by atoms with van der Waals surface area (Å²) in [6.07, 6.45) is 1.56. The van der Waals surface area contributed by atoms with Crippen LogP contribution in [0, 0.1) is 24.1 Å². The molecule has 9 N–H and O–H groups in total. The number of carboxylic acid groups (broad SMARTS) is 1. The summed E-state index contributed by atoms with van der Waals surface area (Å²) < 4.78 is 28.0. The average molecular weight is 1120 g/mol. The van der Waals surface area contributed by atoms with E-state index in [9.17, 15) is 57.8 Å². The van der Waals surface area contributed by atoms with Crippen molar-refractivity contribution in [2.75, 3.05) is 46.1 Å². The Morgan fingerprint density at radius 1 is 0.901 bits per heavy atom. The van der Waals surface area contributed by atoms with Gasteiger partial charge in [0.05, 0.1) is 73.3 Å².